The fraction of sp³-hybridized carbons (Fsp3) is 0.417. The van der Waals surface area contributed by atoms with Crippen molar-refractivity contribution in [2.24, 2.45) is 5.92 Å². The maximum atomic E-state index is 13.4. The summed E-state index contributed by atoms with van der Waals surface area (Å²) in [5.74, 6) is -0.590. The maximum Gasteiger partial charge on any atom is 0.243 e. The van der Waals surface area contributed by atoms with Gasteiger partial charge >= 0.3 is 0 Å². The number of nitrogens with one attached hydrogen (secondary N) is 2. The van der Waals surface area contributed by atoms with Gasteiger partial charge in [-0.3, -0.25) is 9.59 Å². The molecule has 32 heavy (non-hydrogen) atoms. The van der Waals surface area contributed by atoms with Crippen LogP contribution in [-0.4, -0.2) is 37.6 Å². The van der Waals surface area contributed by atoms with Crippen LogP contribution >= 0.6 is 0 Å². The first-order valence-electron chi connectivity index (χ1n) is 11.2. The van der Waals surface area contributed by atoms with Gasteiger partial charge in [-0.05, 0) is 67.5 Å². The van der Waals surface area contributed by atoms with Crippen molar-refractivity contribution in [3.63, 3.8) is 0 Å². The SMILES string of the molecule is CCc1ccccc1NC(=O)[C@H]1CCCN(S(=O)(=O)c2ccc3c(c2)CCCC(=O)N3)C1. The quantitative estimate of drug-likeness (QED) is 0.721. The number of aryl methyl sites for hydroxylation is 2. The van der Waals surface area contributed by atoms with Crippen molar-refractivity contribution in [3.8, 4) is 0 Å². The van der Waals surface area contributed by atoms with Crippen molar-refractivity contribution >= 4 is 33.2 Å². The molecule has 0 aromatic heterocycles. The van der Waals surface area contributed by atoms with Gasteiger partial charge in [0.25, 0.3) is 0 Å². The molecule has 1 fully saturated rings. The number of carbonyl (C=O) groups is 2. The first kappa shape index (κ1) is 22.5. The molecule has 4 rings (SSSR count). The third-order valence-corrected chi connectivity index (χ3v) is 8.11. The van der Waals surface area contributed by atoms with Gasteiger partial charge < -0.3 is 10.6 Å². The zero-order chi connectivity index (χ0) is 22.7. The van der Waals surface area contributed by atoms with E-state index < -0.39 is 15.9 Å². The maximum absolute atomic E-state index is 13.4. The average Bonchev–Trinajstić information content (AvgIpc) is 2.99. The van der Waals surface area contributed by atoms with E-state index in [2.05, 4.69) is 10.6 Å². The van der Waals surface area contributed by atoms with E-state index in [9.17, 15) is 18.0 Å². The number of anilines is 2. The molecule has 2 N–H and O–H groups in total. The lowest BCUT2D eigenvalue weighted by molar-refractivity contribution is -0.121. The summed E-state index contributed by atoms with van der Waals surface area (Å²) in [6.07, 6.45) is 3.87. The normalized spacial score (nSPS) is 19.5. The van der Waals surface area contributed by atoms with Crippen molar-refractivity contribution in [3.05, 3.63) is 53.6 Å². The Hall–Kier alpha value is -2.71. The highest BCUT2D eigenvalue weighted by atomic mass is 32.2. The number of carbonyl (C=O) groups excluding carboxylic acids is 2. The number of fused-ring (bicyclic) bond motifs is 1. The summed E-state index contributed by atoms with van der Waals surface area (Å²) in [5, 5.41) is 5.83. The highest BCUT2D eigenvalue weighted by Crippen LogP contribution is 2.29. The van der Waals surface area contributed by atoms with Crippen LogP contribution in [0.5, 0.6) is 0 Å². The third kappa shape index (κ3) is 4.71. The molecular weight excluding hydrogens is 426 g/mol. The van der Waals surface area contributed by atoms with Crippen LogP contribution in [0.25, 0.3) is 0 Å². The van der Waals surface area contributed by atoms with Gasteiger partial charge in [-0.15, -0.1) is 0 Å². The number of piperidine rings is 1. The first-order valence-corrected chi connectivity index (χ1v) is 12.6. The lowest BCUT2D eigenvalue weighted by atomic mass is 9.98. The predicted molar refractivity (Wildman–Crippen MR) is 124 cm³/mol. The van der Waals surface area contributed by atoms with Gasteiger partial charge in [-0.2, -0.15) is 4.31 Å². The van der Waals surface area contributed by atoms with Crippen molar-refractivity contribution in [1.82, 2.24) is 4.31 Å². The number of nitrogens with zero attached hydrogens (tertiary/aromatic N) is 1. The van der Waals surface area contributed by atoms with Crippen LogP contribution in [0, 0.1) is 5.92 Å². The summed E-state index contributed by atoms with van der Waals surface area (Å²) in [7, 11) is -3.73. The Kier molecular flexibility index (Phi) is 6.62. The van der Waals surface area contributed by atoms with E-state index in [1.165, 1.54) is 4.31 Å². The Bertz CT molecular complexity index is 1130. The van der Waals surface area contributed by atoms with Gasteiger partial charge in [0, 0.05) is 30.9 Å². The Morgan fingerprint density at radius 3 is 2.78 bits per heavy atom. The third-order valence-electron chi connectivity index (χ3n) is 6.25. The highest BCUT2D eigenvalue weighted by molar-refractivity contribution is 7.89. The first-order chi connectivity index (χ1) is 15.4. The predicted octanol–water partition coefficient (Wildman–Crippen LogP) is 3.56. The molecule has 8 heteroatoms. The number of hydrogen-bond donors (Lipinski definition) is 2. The monoisotopic (exact) mass is 455 g/mol. The molecule has 2 amide bonds. The van der Waals surface area contributed by atoms with Crippen LogP contribution < -0.4 is 10.6 Å². The number of sulfonamides is 1. The molecule has 1 atom stereocenters. The molecule has 2 aliphatic rings. The second-order valence-electron chi connectivity index (χ2n) is 8.42. The van der Waals surface area contributed by atoms with Gasteiger partial charge in [0.05, 0.1) is 10.8 Å². The molecule has 2 heterocycles. The van der Waals surface area contributed by atoms with Gasteiger partial charge in [-0.25, -0.2) is 8.42 Å². The van der Waals surface area contributed by atoms with Crippen molar-refractivity contribution in [1.29, 1.82) is 0 Å². The van der Waals surface area contributed by atoms with Gasteiger partial charge in [-0.1, -0.05) is 25.1 Å². The minimum atomic E-state index is -3.73. The number of rotatable bonds is 5. The molecule has 7 nitrogen and oxygen atoms in total. The molecule has 0 bridgehead atoms. The summed E-state index contributed by atoms with van der Waals surface area (Å²) in [6.45, 7) is 2.59. The van der Waals surface area contributed by atoms with Gasteiger partial charge in [0.2, 0.25) is 21.8 Å². The van der Waals surface area contributed by atoms with Crippen LogP contribution in [0.1, 0.15) is 43.7 Å². The van der Waals surface area contributed by atoms with Crippen LogP contribution in [0.4, 0.5) is 11.4 Å². The lowest BCUT2D eigenvalue weighted by Gasteiger charge is -2.31. The zero-order valence-corrected chi connectivity index (χ0v) is 19.1. The second kappa shape index (κ2) is 9.42. The van der Waals surface area contributed by atoms with Crippen LogP contribution in [0.2, 0.25) is 0 Å². The molecule has 2 aromatic rings. The molecule has 1 saturated heterocycles. The Morgan fingerprint density at radius 2 is 1.97 bits per heavy atom. The minimum absolute atomic E-state index is 0.0473. The fourth-order valence-corrected chi connectivity index (χ4v) is 6.00. The zero-order valence-electron chi connectivity index (χ0n) is 18.3. The van der Waals surface area contributed by atoms with Crippen LogP contribution in [-0.2, 0) is 32.5 Å². The molecule has 0 unspecified atom stereocenters. The van der Waals surface area contributed by atoms with E-state index in [0.717, 1.165) is 23.2 Å². The van der Waals surface area contributed by atoms with Crippen molar-refractivity contribution in [2.45, 2.75) is 50.3 Å². The summed E-state index contributed by atoms with van der Waals surface area (Å²) < 4.78 is 28.1. The van der Waals surface area contributed by atoms with E-state index in [0.29, 0.717) is 44.3 Å². The van der Waals surface area contributed by atoms with E-state index in [1.54, 1.807) is 18.2 Å². The highest BCUT2D eigenvalue weighted by Gasteiger charge is 2.34. The summed E-state index contributed by atoms with van der Waals surface area (Å²) in [4.78, 5) is 24.9. The summed E-state index contributed by atoms with van der Waals surface area (Å²) >= 11 is 0. The fourth-order valence-electron chi connectivity index (χ4n) is 4.42. The smallest absolute Gasteiger partial charge is 0.243 e. The van der Waals surface area contributed by atoms with Gasteiger partial charge in [0.15, 0.2) is 0 Å². The van der Waals surface area contributed by atoms with E-state index in [4.69, 9.17) is 0 Å². The lowest BCUT2D eigenvalue weighted by Crippen LogP contribution is -2.43. The van der Waals surface area contributed by atoms with Crippen molar-refractivity contribution in [2.75, 3.05) is 23.7 Å². The molecule has 170 valence electrons. The Labute approximate surface area is 189 Å². The topological polar surface area (TPSA) is 95.6 Å². The van der Waals surface area contributed by atoms with Gasteiger partial charge in [0.1, 0.15) is 0 Å². The average molecular weight is 456 g/mol. The molecule has 0 saturated carbocycles. The number of amides is 2. The summed E-state index contributed by atoms with van der Waals surface area (Å²) in [6, 6.07) is 12.6. The molecule has 2 aliphatic heterocycles. The minimum Gasteiger partial charge on any atom is -0.326 e. The van der Waals surface area contributed by atoms with Crippen molar-refractivity contribution < 1.29 is 18.0 Å². The molecule has 0 radical (unpaired) electrons. The molecule has 0 spiro atoms. The Morgan fingerprint density at radius 1 is 1.16 bits per heavy atom. The molecular formula is C24H29N3O4S. The largest absolute Gasteiger partial charge is 0.326 e. The standard InChI is InChI=1S/C24H29N3O4S/c1-2-17-7-3-4-10-21(17)26-24(29)19-9-6-14-27(16-19)32(30,31)20-12-13-22-18(15-20)8-5-11-23(28)25-22/h3-4,7,10,12-13,15,19H,2,5-6,8-9,11,14,16H2,1H3,(H,25,28)(H,26,29)/t19-/m0/s1. The number of benzene rings is 2. The second-order valence-corrected chi connectivity index (χ2v) is 10.4. The van der Waals surface area contributed by atoms with Crippen LogP contribution in [0.3, 0.4) is 0 Å². The van der Waals surface area contributed by atoms with E-state index in [1.807, 2.05) is 31.2 Å². The van der Waals surface area contributed by atoms with Crippen LogP contribution in [0.15, 0.2) is 47.4 Å². The van der Waals surface area contributed by atoms with E-state index in [-0.39, 0.29) is 23.3 Å². The summed E-state index contributed by atoms with van der Waals surface area (Å²) in [5.41, 5.74) is 3.35. The number of para-hydroxylation sites is 1. The number of hydrogen-bond acceptors (Lipinski definition) is 4. The van der Waals surface area contributed by atoms with E-state index >= 15 is 0 Å². The Balaban J connectivity index is 1.50. The molecule has 2 aromatic carbocycles. The molecule has 0 aliphatic carbocycles.